The normalized spacial score (nSPS) is 12.0. The van der Waals surface area contributed by atoms with Crippen LogP contribution < -0.4 is 14.8 Å². The van der Waals surface area contributed by atoms with Gasteiger partial charge in [-0.05, 0) is 68.3 Å². The maximum atomic E-state index is 11.3. The lowest BCUT2D eigenvalue weighted by atomic mass is 10.0. The minimum Gasteiger partial charge on any atom is -0.494 e. The summed E-state index contributed by atoms with van der Waals surface area (Å²) in [5.74, 6) is 2.30. The molecule has 0 fully saturated rings. The molecule has 1 heterocycles. The number of furan rings is 1. The Kier molecular flexibility index (Phi) is 5.69. The minimum atomic E-state index is -0.169. The molecule has 142 valence electrons. The van der Waals surface area contributed by atoms with Crippen LogP contribution in [-0.2, 0) is 11.4 Å². The number of hydrogen-bond donors (Lipinski definition) is 1. The number of carbonyl (C=O) groups excluding carboxylic acids is 1. The monoisotopic (exact) mass is 367 g/mol. The van der Waals surface area contributed by atoms with Crippen molar-refractivity contribution in [1.29, 1.82) is 0 Å². The average Bonchev–Trinajstić information content (AvgIpc) is 3.07. The second-order valence-corrected chi connectivity index (χ2v) is 6.53. The van der Waals surface area contributed by atoms with Crippen LogP contribution in [0.15, 0.2) is 46.9 Å². The van der Waals surface area contributed by atoms with Crippen molar-refractivity contribution in [1.82, 2.24) is 5.32 Å². The first-order valence-corrected chi connectivity index (χ1v) is 9.12. The molecule has 1 amide bonds. The molecule has 1 N–H and O–H groups in total. The summed E-state index contributed by atoms with van der Waals surface area (Å²) in [6.07, 6.45) is 0. The van der Waals surface area contributed by atoms with Gasteiger partial charge in [0.25, 0.3) is 0 Å². The number of rotatable bonds is 7. The summed E-state index contributed by atoms with van der Waals surface area (Å²) >= 11 is 0. The van der Waals surface area contributed by atoms with Crippen LogP contribution in [0.25, 0.3) is 11.0 Å². The van der Waals surface area contributed by atoms with Gasteiger partial charge in [0, 0.05) is 12.3 Å². The number of aryl methyl sites for hydroxylation is 1. The van der Waals surface area contributed by atoms with Crippen molar-refractivity contribution in [3.63, 3.8) is 0 Å². The highest BCUT2D eigenvalue weighted by molar-refractivity contribution is 5.83. The Morgan fingerprint density at radius 3 is 2.41 bits per heavy atom. The summed E-state index contributed by atoms with van der Waals surface area (Å²) in [6.45, 7) is 8.54. The number of carbonyl (C=O) groups is 1. The summed E-state index contributed by atoms with van der Waals surface area (Å²) in [4.78, 5) is 11.3. The van der Waals surface area contributed by atoms with Crippen LogP contribution in [-0.4, -0.2) is 12.5 Å². The standard InChI is InChI=1S/C22H25NO4/c1-5-25-18-7-9-19(10-8-18)26-13-17-6-11-21-20(14(17)2)12-22(27-21)15(3)23-16(4)24/h6-12,15H,5,13H2,1-4H3,(H,23,24). The predicted molar refractivity (Wildman–Crippen MR) is 105 cm³/mol. The van der Waals surface area contributed by atoms with Gasteiger partial charge in [0.2, 0.25) is 5.91 Å². The largest absolute Gasteiger partial charge is 0.494 e. The van der Waals surface area contributed by atoms with Crippen LogP contribution in [0.3, 0.4) is 0 Å². The number of ether oxygens (including phenoxy) is 2. The molecule has 0 radical (unpaired) electrons. The topological polar surface area (TPSA) is 60.7 Å². The minimum absolute atomic E-state index is 0.0795. The number of hydrogen-bond acceptors (Lipinski definition) is 4. The summed E-state index contributed by atoms with van der Waals surface area (Å²) in [6, 6.07) is 13.4. The van der Waals surface area contributed by atoms with Crippen molar-refractivity contribution in [3.8, 4) is 11.5 Å². The van der Waals surface area contributed by atoms with E-state index in [1.165, 1.54) is 6.92 Å². The molecule has 0 aliphatic carbocycles. The van der Waals surface area contributed by atoms with Gasteiger partial charge in [-0.2, -0.15) is 0 Å². The summed E-state index contributed by atoms with van der Waals surface area (Å²) in [5, 5.41) is 3.88. The zero-order valence-electron chi connectivity index (χ0n) is 16.2. The quantitative estimate of drug-likeness (QED) is 0.644. The van der Waals surface area contributed by atoms with Crippen molar-refractivity contribution in [2.24, 2.45) is 0 Å². The molecule has 0 aliphatic rings. The van der Waals surface area contributed by atoms with Gasteiger partial charge in [-0.25, -0.2) is 0 Å². The van der Waals surface area contributed by atoms with E-state index in [4.69, 9.17) is 13.9 Å². The Morgan fingerprint density at radius 2 is 1.78 bits per heavy atom. The van der Waals surface area contributed by atoms with Gasteiger partial charge in [-0.1, -0.05) is 6.07 Å². The van der Waals surface area contributed by atoms with Gasteiger partial charge in [-0.15, -0.1) is 0 Å². The highest BCUT2D eigenvalue weighted by Crippen LogP contribution is 2.29. The van der Waals surface area contributed by atoms with E-state index < -0.39 is 0 Å². The lowest BCUT2D eigenvalue weighted by Crippen LogP contribution is -2.23. The van der Waals surface area contributed by atoms with Crippen LogP contribution >= 0.6 is 0 Å². The maximum absolute atomic E-state index is 11.3. The molecule has 1 atom stereocenters. The van der Waals surface area contributed by atoms with Gasteiger partial charge in [0.1, 0.15) is 29.4 Å². The zero-order chi connectivity index (χ0) is 19.4. The fourth-order valence-corrected chi connectivity index (χ4v) is 3.02. The Labute approximate surface area is 159 Å². The second kappa shape index (κ2) is 8.16. The molecular weight excluding hydrogens is 342 g/mol. The molecule has 5 nitrogen and oxygen atoms in total. The smallest absolute Gasteiger partial charge is 0.217 e. The van der Waals surface area contributed by atoms with E-state index in [9.17, 15) is 4.79 Å². The number of fused-ring (bicyclic) bond motifs is 1. The third-order valence-electron chi connectivity index (χ3n) is 4.48. The van der Waals surface area contributed by atoms with Crippen molar-refractivity contribution in [2.75, 3.05) is 6.61 Å². The van der Waals surface area contributed by atoms with Gasteiger partial charge in [-0.3, -0.25) is 4.79 Å². The fraction of sp³-hybridized carbons (Fsp3) is 0.318. The fourth-order valence-electron chi connectivity index (χ4n) is 3.02. The molecule has 3 rings (SSSR count). The summed E-state index contributed by atoms with van der Waals surface area (Å²) < 4.78 is 17.3. The zero-order valence-corrected chi connectivity index (χ0v) is 16.2. The first-order valence-electron chi connectivity index (χ1n) is 9.12. The number of benzene rings is 2. The van der Waals surface area contributed by atoms with E-state index in [1.807, 2.05) is 56.3 Å². The molecule has 27 heavy (non-hydrogen) atoms. The molecule has 0 saturated carbocycles. The van der Waals surface area contributed by atoms with Crippen molar-refractivity contribution < 1.29 is 18.7 Å². The summed E-state index contributed by atoms with van der Waals surface area (Å²) in [5.41, 5.74) is 3.02. The van der Waals surface area contributed by atoms with Gasteiger partial charge in [0.15, 0.2) is 0 Å². The van der Waals surface area contributed by atoms with Crippen LogP contribution in [0.1, 0.15) is 43.7 Å². The molecule has 1 unspecified atom stereocenters. The Morgan fingerprint density at radius 1 is 1.11 bits per heavy atom. The molecule has 5 heteroatoms. The van der Waals surface area contributed by atoms with Gasteiger partial charge < -0.3 is 19.2 Å². The number of nitrogens with one attached hydrogen (secondary N) is 1. The Balaban J connectivity index is 1.75. The predicted octanol–water partition coefficient (Wildman–Crippen LogP) is 4.92. The molecule has 1 aromatic heterocycles. The van der Waals surface area contributed by atoms with E-state index in [2.05, 4.69) is 12.2 Å². The second-order valence-electron chi connectivity index (χ2n) is 6.53. The van der Waals surface area contributed by atoms with E-state index >= 15 is 0 Å². The van der Waals surface area contributed by atoms with Crippen molar-refractivity contribution in [2.45, 2.75) is 40.3 Å². The van der Waals surface area contributed by atoms with Crippen LogP contribution in [0, 0.1) is 6.92 Å². The first-order chi connectivity index (χ1) is 13.0. The molecule has 0 aliphatic heterocycles. The average molecular weight is 367 g/mol. The van der Waals surface area contributed by atoms with Crippen molar-refractivity contribution >= 4 is 16.9 Å². The van der Waals surface area contributed by atoms with Crippen LogP contribution in [0.4, 0.5) is 0 Å². The molecule has 0 spiro atoms. The molecule has 3 aromatic rings. The molecule has 2 aromatic carbocycles. The van der Waals surface area contributed by atoms with E-state index in [-0.39, 0.29) is 11.9 Å². The SMILES string of the molecule is CCOc1ccc(OCc2ccc3oc(C(C)NC(C)=O)cc3c2C)cc1. The maximum Gasteiger partial charge on any atom is 0.217 e. The third-order valence-corrected chi connectivity index (χ3v) is 4.48. The molecule has 0 saturated heterocycles. The van der Waals surface area contributed by atoms with E-state index in [0.717, 1.165) is 39.4 Å². The Bertz CT molecular complexity index is 927. The summed E-state index contributed by atoms with van der Waals surface area (Å²) in [7, 11) is 0. The van der Waals surface area contributed by atoms with Gasteiger partial charge >= 0.3 is 0 Å². The van der Waals surface area contributed by atoms with Crippen LogP contribution in [0.5, 0.6) is 11.5 Å². The van der Waals surface area contributed by atoms with E-state index in [1.54, 1.807) is 0 Å². The lowest BCUT2D eigenvalue weighted by molar-refractivity contribution is -0.119. The first kappa shape index (κ1) is 18.8. The van der Waals surface area contributed by atoms with Crippen LogP contribution in [0.2, 0.25) is 0 Å². The lowest BCUT2D eigenvalue weighted by Gasteiger charge is -2.10. The molecule has 0 bridgehead atoms. The highest BCUT2D eigenvalue weighted by atomic mass is 16.5. The highest BCUT2D eigenvalue weighted by Gasteiger charge is 2.15. The number of amides is 1. The van der Waals surface area contributed by atoms with E-state index in [0.29, 0.717) is 13.2 Å². The Hall–Kier alpha value is -2.95. The molecular formula is C22H25NO4. The van der Waals surface area contributed by atoms with Crippen molar-refractivity contribution in [3.05, 3.63) is 59.4 Å². The third kappa shape index (κ3) is 4.42. The van der Waals surface area contributed by atoms with Gasteiger partial charge in [0.05, 0.1) is 12.6 Å².